The van der Waals surface area contributed by atoms with Gasteiger partial charge in [0.05, 0.1) is 20.5 Å². The van der Waals surface area contributed by atoms with Crippen LogP contribution in [0.5, 0.6) is 5.75 Å². The Hall–Kier alpha value is -4.60. The molecule has 10 nitrogen and oxygen atoms in total. The summed E-state index contributed by atoms with van der Waals surface area (Å²) in [6, 6.07) is 17.2. The monoisotopic (exact) mass is 591 g/mol. The third-order valence-electron chi connectivity index (χ3n) is 6.43. The lowest BCUT2D eigenvalue weighted by molar-refractivity contribution is -0.140. The molecular weight excluding hydrogens is 550 g/mol. The third-order valence-corrected chi connectivity index (χ3v) is 6.43. The van der Waals surface area contributed by atoms with E-state index >= 15 is 0 Å². The van der Waals surface area contributed by atoms with Crippen LogP contribution < -0.4 is 10.3 Å². The molecule has 0 saturated carbocycles. The fraction of sp³-hybridized carbons (Fsp3) is 0.394. The highest BCUT2D eigenvalue weighted by Gasteiger charge is 2.23. The van der Waals surface area contributed by atoms with Gasteiger partial charge in [-0.1, -0.05) is 49.4 Å². The summed E-state index contributed by atoms with van der Waals surface area (Å²) >= 11 is 0. The van der Waals surface area contributed by atoms with Gasteiger partial charge in [0.25, 0.3) is 5.56 Å². The van der Waals surface area contributed by atoms with E-state index in [1.807, 2.05) is 75.4 Å². The largest absolute Gasteiger partial charge is 0.497 e. The molecule has 0 bridgehead atoms. The first-order valence-corrected chi connectivity index (χ1v) is 14.3. The van der Waals surface area contributed by atoms with Crippen molar-refractivity contribution in [1.29, 1.82) is 0 Å². The minimum absolute atomic E-state index is 0.157. The molecule has 1 aliphatic rings. The van der Waals surface area contributed by atoms with Crippen LogP contribution in [0.1, 0.15) is 53.4 Å². The maximum absolute atomic E-state index is 12.4. The Kier molecular flexibility index (Phi) is 11.9. The van der Waals surface area contributed by atoms with E-state index in [4.69, 9.17) is 13.9 Å². The zero-order valence-electron chi connectivity index (χ0n) is 25.8. The van der Waals surface area contributed by atoms with Crippen molar-refractivity contribution in [3.05, 3.63) is 71.3 Å². The highest BCUT2D eigenvalue weighted by molar-refractivity contribution is 5.99. The van der Waals surface area contributed by atoms with Gasteiger partial charge in [0.15, 0.2) is 0 Å². The highest BCUT2D eigenvalue weighted by atomic mass is 16.6. The van der Waals surface area contributed by atoms with Crippen molar-refractivity contribution in [2.45, 2.75) is 59.0 Å². The van der Waals surface area contributed by atoms with Crippen LogP contribution in [0.25, 0.3) is 33.6 Å². The molecule has 0 radical (unpaired) electrons. The minimum Gasteiger partial charge on any atom is -0.497 e. The third kappa shape index (κ3) is 9.46. The average molecular weight is 592 g/mol. The Balaban J connectivity index is 0.000000224. The van der Waals surface area contributed by atoms with Gasteiger partial charge in [-0.15, -0.1) is 0 Å². The maximum atomic E-state index is 12.4. The fourth-order valence-corrected chi connectivity index (χ4v) is 4.32. The number of furan rings is 1. The van der Waals surface area contributed by atoms with Gasteiger partial charge in [0.1, 0.15) is 22.5 Å². The molecule has 2 aromatic carbocycles. The van der Waals surface area contributed by atoms with Crippen molar-refractivity contribution in [1.82, 2.24) is 14.9 Å². The first-order chi connectivity index (χ1) is 20.6. The molecule has 1 amide bonds. The molecule has 3 heterocycles. The summed E-state index contributed by atoms with van der Waals surface area (Å²) < 4.78 is 20.6. The number of fused-ring (bicyclic) bond motifs is 1. The lowest BCUT2D eigenvalue weighted by atomic mass is 9.99. The number of methoxy groups -OCH3 is 2. The predicted molar refractivity (Wildman–Crippen MR) is 166 cm³/mol. The van der Waals surface area contributed by atoms with Gasteiger partial charge in [-0.3, -0.25) is 9.59 Å². The van der Waals surface area contributed by atoms with Gasteiger partial charge < -0.3 is 28.5 Å². The molecule has 230 valence electrons. The number of rotatable bonds is 4. The van der Waals surface area contributed by atoms with E-state index in [1.54, 1.807) is 18.9 Å². The second-order valence-corrected chi connectivity index (χ2v) is 10.8. The zero-order valence-corrected chi connectivity index (χ0v) is 25.8. The van der Waals surface area contributed by atoms with E-state index in [0.29, 0.717) is 23.3 Å². The van der Waals surface area contributed by atoms with E-state index < -0.39 is 0 Å². The van der Waals surface area contributed by atoms with Crippen LogP contribution in [0.2, 0.25) is 0 Å². The number of aromatic nitrogens is 2. The Labute approximate surface area is 252 Å². The summed E-state index contributed by atoms with van der Waals surface area (Å²) in [5.74, 6) is 1.22. The predicted octanol–water partition coefficient (Wildman–Crippen LogP) is 6.84. The van der Waals surface area contributed by atoms with Gasteiger partial charge in [-0.2, -0.15) is 0 Å². The van der Waals surface area contributed by atoms with Crippen molar-refractivity contribution in [3.8, 4) is 28.2 Å². The number of nitrogens with one attached hydrogen (secondary N) is 1. The molecule has 1 fully saturated rings. The van der Waals surface area contributed by atoms with Crippen molar-refractivity contribution >= 4 is 23.2 Å². The minimum atomic E-state index is -0.367. The number of ether oxygens (including phenoxy) is 3. The van der Waals surface area contributed by atoms with Gasteiger partial charge in [0.2, 0.25) is 5.71 Å². The summed E-state index contributed by atoms with van der Waals surface area (Å²) in [6.07, 6.45) is 5.11. The summed E-state index contributed by atoms with van der Waals surface area (Å²) in [5.41, 5.74) is 2.22. The molecule has 0 unspecified atom stereocenters. The molecule has 0 spiro atoms. The Morgan fingerprint density at radius 1 is 0.953 bits per heavy atom. The number of amides is 1. The highest BCUT2D eigenvalue weighted by Crippen LogP contribution is 2.39. The smallest absolute Gasteiger partial charge is 0.410 e. The number of piperidine rings is 1. The first kappa shape index (κ1) is 32.9. The average Bonchev–Trinajstić information content (AvgIpc) is 3.42. The number of aromatic amines is 1. The molecule has 0 aliphatic carbocycles. The van der Waals surface area contributed by atoms with Crippen molar-refractivity contribution in [2.24, 2.45) is 0 Å². The molecule has 2 aromatic heterocycles. The fourth-order valence-electron chi connectivity index (χ4n) is 4.32. The topological polar surface area (TPSA) is 124 Å². The molecule has 0 atom stereocenters. The van der Waals surface area contributed by atoms with Crippen molar-refractivity contribution in [2.75, 3.05) is 27.3 Å². The van der Waals surface area contributed by atoms with E-state index in [1.165, 1.54) is 19.9 Å². The summed E-state index contributed by atoms with van der Waals surface area (Å²) in [7, 11) is 3.00. The van der Waals surface area contributed by atoms with Crippen LogP contribution in [0.4, 0.5) is 4.79 Å². The van der Waals surface area contributed by atoms with Gasteiger partial charge >= 0.3 is 12.1 Å². The normalized spacial score (nSPS) is 12.7. The number of esters is 1. The lowest BCUT2D eigenvalue weighted by Crippen LogP contribution is -2.39. The second-order valence-electron chi connectivity index (χ2n) is 10.8. The van der Waals surface area contributed by atoms with E-state index in [-0.39, 0.29) is 23.2 Å². The number of nitrogens with zero attached hydrogens (tertiary/aromatic N) is 2. The van der Waals surface area contributed by atoms with Gasteiger partial charge in [-0.25, -0.2) is 9.78 Å². The number of H-pyrrole nitrogens is 1. The van der Waals surface area contributed by atoms with E-state index in [2.05, 4.69) is 14.7 Å². The quantitative estimate of drug-likeness (QED) is 0.256. The SMILES string of the molecule is CC(C)(C)OC(=O)N1CCCCC1.CCC(=O)OC.COc1ccc(-c2c(-c3ccccc3)oc3nc[nH]c(=O)c23)cc1. The van der Waals surface area contributed by atoms with Crippen LogP contribution in [-0.2, 0) is 14.3 Å². The Morgan fingerprint density at radius 3 is 2.14 bits per heavy atom. The number of benzene rings is 2. The standard InChI is InChI=1S/C19H14N2O3.C10H19NO2.C4H8O2/c1-23-14-9-7-12(8-10-14)15-16-18(22)20-11-21-19(16)24-17(15)13-5-3-2-4-6-13;1-10(2,3)13-9(12)11-7-5-4-6-8-11;1-3-4(5)6-2/h2-11H,1H3,(H,20,21,22);4-8H2,1-3H3;3H2,1-2H3. The lowest BCUT2D eigenvalue weighted by Gasteiger charge is -2.29. The number of carbonyl (C=O) groups excluding carboxylic acids is 2. The van der Waals surface area contributed by atoms with Crippen LogP contribution >= 0.6 is 0 Å². The first-order valence-electron chi connectivity index (χ1n) is 14.3. The Morgan fingerprint density at radius 2 is 1.60 bits per heavy atom. The summed E-state index contributed by atoms with van der Waals surface area (Å²) in [6.45, 7) is 9.16. The van der Waals surface area contributed by atoms with Crippen LogP contribution in [-0.4, -0.2) is 59.8 Å². The summed E-state index contributed by atoms with van der Waals surface area (Å²) in [4.78, 5) is 42.4. The van der Waals surface area contributed by atoms with Crippen LogP contribution in [0.15, 0.2) is 70.1 Å². The van der Waals surface area contributed by atoms with Crippen LogP contribution in [0, 0.1) is 0 Å². The van der Waals surface area contributed by atoms with Crippen molar-refractivity contribution in [3.63, 3.8) is 0 Å². The number of hydrogen-bond acceptors (Lipinski definition) is 8. The summed E-state index contributed by atoms with van der Waals surface area (Å²) in [5, 5.41) is 0.446. The molecule has 1 aliphatic heterocycles. The zero-order chi connectivity index (χ0) is 31.4. The van der Waals surface area contributed by atoms with E-state index in [9.17, 15) is 14.4 Å². The molecular formula is C33H41N3O7. The molecule has 5 rings (SSSR count). The second kappa shape index (κ2) is 15.6. The Bertz CT molecular complexity index is 1510. The number of hydrogen-bond donors (Lipinski definition) is 1. The molecule has 43 heavy (non-hydrogen) atoms. The molecule has 1 N–H and O–H groups in total. The van der Waals surface area contributed by atoms with Crippen molar-refractivity contribution < 1.29 is 28.2 Å². The van der Waals surface area contributed by atoms with Gasteiger partial charge in [0, 0.05) is 30.6 Å². The molecule has 10 heteroatoms. The molecule has 4 aromatic rings. The molecule has 1 saturated heterocycles. The number of carbonyl (C=O) groups is 2. The van der Waals surface area contributed by atoms with Gasteiger partial charge in [-0.05, 0) is 57.7 Å². The van der Waals surface area contributed by atoms with E-state index in [0.717, 1.165) is 48.4 Å². The van der Waals surface area contributed by atoms with Crippen LogP contribution in [0.3, 0.4) is 0 Å². The maximum Gasteiger partial charge on any atom is 0.410 e. The number of likely N-dealkylation sites (tertiary alicyclic amines) is 1.